The number of nitrogens with zero attached hydrogens (tertiary/aromatic N) is 4. The Morgan fingerprint density at radius 2 is 1.89 bits per heavy atom. The summed E-state index contributed by atoms with van der Waals surface area (Å²) in [7, 11) is 0. The van der Waals surface area contributed by atoms with Crippen molar-refractivity contribution in [3.05, 3.63) is 89.7 Å². The number of piperazine rings is 1. The highest BCUT2D eigenvalue weighted by Crippen LogP contribution is 2.28. The van der Waals surface area contributed by atoms with Crippen molar-refractivity contribution in [3.8, 4) is 23.0 Å². The molecule has 0 bridgehead atoms. The van der Waals surface area contributed by atoms with Gasteiger partial charge in [-0.1, -0.05) is 18.2 Å². The van der Waals surface area contributed by atoms with Crippen LogP contribution in [0.5, 0.6) is 0 Å². The summed E-state index contributed by atoms with van der Waals surface area (Å²) >= 11 is 0. The van der Waals surface area contributed by atoms with Crippen molar-refractivity contribution in [2.75, 3.05) is 35.6 Å². The largest absolute Gasteiger partial charge is 0.399 e. The lowest BCUT2D eigenvalue weighted by Gasteiger charge is -2.28. The summed E-state index contributed by atoms with van der Waals surface area (Å²) < 4.78 is 16.1. The molecule has 4 N–H and O–H groups in total. The minimum atomic E-state index is -0.589. The summed E-state index contributed by atoms with van der Waals surface area (Å²) in [5, 5.41) is 20.0. The van der Waals surface area contributed by atoms with Gasteiger partial charge >= 0.3 is 0 Å². The van der Waals surface area contributed by atoms with Gasteiger partial charge in [0, 0.05) is 42.6 Å². The summed E-state index contributed by atoms with van der Waals surface area (Å²) in [6, 6.07) is 23.5. The molecular formula is C27H24FN7O. The maximum absolute atomic E-state index is 14.3. The van der Waals surface area contributed by atoms with Gasteiger partial charge in [-0.2, -0.15) is 10.4 Å². The van der Waals surface area contributed by atoms with Gasteiger partial charge in [-0.15, -0.1) is 0 Å². The smallest absolute Gasteiger partial charge is 0.239 e. The first-order chi connectivity index (χ1) is 17.5. The number of aromatic nitrogens is 2. The van der Waals surface area contributed by atoms with Crippen molar-refractivity contribution in [3.63, 3.8) is 0 Å². The summed E-state index contributed by atoms with van der Waals surface area (Å²) in [6.07, 6.45) is 0. The summed E-state index contributed by atoms with van der Waals surface area (Å²) in [6.45, 7) is 2.19. The van der Waals surface area contributed by atoms with Crippen molar-refractivity contribution < 1.29 is 9.18 Å². The van der Waals surface area contributed by atoms with Crippen molar-refractivity contribution in [1.29, 1.82) is 5.26 Å². The van der Waals surface area contributed by atoms with E-state index >= 15 is 0 Å². The van der Waals surface area contributed by atoms with Crippen LogP contribution < -0.4 is 21.3 Å². The average molecular weight is 482 g/mol. The van der Waals surface area contributed by atoms with Crippen LogP contribution in [0.25, 0.3) is 16.9 Å². The number of hydrogen-bond acceptors (Lipinski definition) is 6. The number of amides is 1. The third-order valence-corrected chi connectivity index (χ3v) is 6.02. The minimum Gasteiger partial charge on any atom is -0.399 e. The number of halogens is 1. The van der Waals surface area contributed by atoms with Gasteiger partial charge in [0.15, 0.2) is 0 Å². The van der Waals surface area contributed by atoms with Gasteiger partial charge in [0.2, 0.25) is 5.91 Å². The first kappa shape index (κ1) is 22.9. The third-order valence-electron chi connectivity index (χ3n) is 6.02. The second-order valence-electron chi connectivity index (χ2n) is 8.52. The number of anilines is 3. The Labute approximate surface area is 207 Å². The van der Waals surface area contributed by atoms with Crippen LogP contribution in [0.15, 0.2) is 72.8 Å². The number of nitrogen functional groups attached to an aromatic ring is 1. The fourth-order valence-corrected chi connectivity index (χ4v) is 4.17. The van der Waals surface area contributed by atoms with Gasteiger partial charge in [-0.25, -0.2) is 9.07 Å². The van der Waals surface area contributed by atoms with Gasteiger partial charge in [-0.3, -0.25) is 4.79 Å². The standard InChI is InChI=1S/C27H24FN7O/c28-24-13-19(4-5-20(24)15-29)25-14-26(32-16-18-2-1-3-21(30)12-18)35(33-25)23-8-6-22(7-9-23)34-11-10-31-27(36)17-34/h1-9,12-14,32H,10-11,16-17,30H2,(H,31,36). The molecule has 9 heteroatoms. The van der Waals surface area contributed by atoms with Crippen LogP contribution in [0.2, 0.25) is 0 Å². The Hall–Kier alpha value is -4.84. The van der Waals surface area contributed by atoms with E-state index in [-0.39, 0.29) is 11.5 Å². The molecule has 36 heavy (non-hydrogen) atoms. The van der Waals surface area contributed by atoms with E-state index in [0.29, 0.717) is 42.4 Å². The molecule has 0 aliphatic carbocycles. The van der Waals surface area contributed by atoms with Gasteiger partial charge in [-0.05, 0) is 54.1 Å². The molecule has 0 spiro atoms. The molecule has 5 rings (SSSR count). The molecular weight excluding hydrogens is 457 g/mol. The zero-order valence-electron chi connectivity index (χ0n) is 19.4. The number of nitriles is 1. The number of nitrogens with two attached hydrogens (primary N) is 1. The Morgan fingerprint density at radius 1 is 1.08 bits per heavy atom. The highest BCUT2D eigenvalue weighted by atomic mass is 19.1. The molecule has 1 aliphatic rings. The van der Waals surface area contributed by atoms with Crippen molar-refractivity contribution >= 4 is 23.1 Å². The lowest BCUT2D eigenvalue weighted by molar-refractivity contribution is -0.120. The molecule has 1 saturated heterocycles. The topological polar surface area (TPSA) is 112 Å². The molecule has 0 atom stereocenters. The van der Waals surface area contributed by atoms with Crippen LogP contribution in [0.4, 0.5) is 21.6 Å². The molecule has 0 saturated carbocycles. The highest BCUT2D eigenvalue weighted by molar-refractivity contribution is 5.82. The molecule has 180 valence electrons. The Balaban J connectivity index is 1.47. The van der Waals surface area contributed by atoms with E-state index in [1.165, 1.54) is 12.1 Å². The lowest BCUT2D eigenvalue weighted by atomic mass is 10.1. The van der Waals surface area contributed by atoms with E-state index in [4.69, 9.17) is 16.1 Å². The van der Waals surface area contributed by atoms with E-state index in [1.807, 2.05) is 65.6 Å². The summed E-state index contributed by atoms with van der Waals surface area (Å²) in [5.74, 6) is 0.126. The Morgan fingerprint density at radius 3 is 2.61 bits per heavy atom. The molecule has 8 nitrogen and oxygen atoms in total. The second kappa shape index (κ2) is 9.80. The molecule has 1 aromatic heterocycles. The van der Waals surface area contributed by atoms with Crippen LogP contribution in [0, 0.1) is 17.1 Å². The molecule has 2 heterocycles. The summed E-state index contributed by atoms with van der Waals surface area (Å²) in [4.78, 5) is 13.8. The minimum absolute atomic E-state index is 0.00438. The zero-order valence-corrected chi connectivity index (χ0v) is 19.4. The van der Waals surface area contributed by atoms with Crippen molar-refractivity contribution in [1.82, 2.24) is 15.1 Å². The SMILES string of the molecule is N#Cc1ccc(-c2cc(NCc3cccc(N)c3)n(-c3ccc(N4CCNC(=O)C4)cc3)n2)cc1F. The van der Waals surface area contributed by atoms with E-state index < -0.39 is 5.82 Å². The number of carbonyl (C=O) groups excluding carboxylic acids is 1. The fraction of sp³-hybridized carbons (Fsp3) is 0.148. The van der Waals surface area contributed by atoms with Gasteiger partial charge in [0.1, 0.15) is 17.7 Å². The van der Waals surface area contributed by atoms with Gasteiger partial charge in [0.05, 0.1) is 23.5 Å². The molecule has 4 aromatic rings. The van der Waals surface area contributed by atoms with Gasteiger partial charge < -0.3 is 21.3 Å². The Bertz CT molecular complexity index is 1460. The van der Waals surface area contributed by atoms with E-state index in [2.05, 4.69) is 10.6 Å². The van der Waals surface area contributed by atoms with E-state index in [1.54, 1.807) is 10.7 Å². The first-order valence-corrected chi connectivity index (χ1v) is 11.5. The number of carbonyl (C=O) groups is 1. The molecule has 3 aromatic carbocycles. The number of benzene rings is 3. The number of rotatable bonds is 6. The van der Waals surface area contributed by atoms with Crippen LogP contribution >= 0.6 is 0 Å². The second-order valence-corrected chi connectivity index (χ2v) is 8.52. The molecule has 0 unspecified atom stereocenters. The lowest BCUT2D eigenvalue weighted by Crippen LogP contribution is -2.47. The molecule has 1 fully saturated rings. The maximum atomic E-state index is 14.3. The average Bonchev–Trinajstić information content (AvgIpc) is 3.32. The van der Waals surface area contributed by atoms with Crippen LogP contribution in [0.1, 0.15) is 11.1 Å². The Kier molecular flexibility index (Phi) is 6.24. The van der Waals surface area contributed by atoms with Crippen LogP contribution in [-0.2, 0) is 11.3 Å². The normalized spacial score (nSPS) is 13.2. The zero-order chi connectivity index (χ0) is 25.1. The van der Waals surface area contributed by atoms with Crippen LogP contribution in [0.3, 0.4) is 0 Å². The number of nitrogens with one attached hydrogen (secondary N) is 2. The maximum Gasteiger partial charge on any atom is 0.239 e. The monoisotopic (exact) mass is 481 g/mol. The highest BCUT2D eigenvalue weighted by Gasteiger charge is 2.17. The first-order valence-electron chi connectivity index (χ1n) is 11.5. The van der Waals surface area contributed by atoms with Crippen molar-refractivity contribution in [2.24, 2.45) is 0 Å². The summed E-state index contributed by atoms with van der Waals surface area (Å²) in [5.41, 5.74) is 10.5. The fourth-order valence-electron chi connectivity index (χ4n) is 4.17. The predicted octanol–water partition coefficient (Wildman–Crippen LogP) is 3.68. The molecule has 0 radical (unpaired) electrons. The van der Waals surface area contributed by atoms with Gasteiger partial charge in [0.25, 0.3) is 0 Å². The quantitative estimate of drug-likeness (QED) is 0.362. The van der Waals surface area contributed by atoms with Crippen LogP contribution in [-0.4, -0.2) is 35.3 Å². The number of hydrogen-bond donors (Lipinski definition) is 3. The van der Waals surface area contributed by atoms with Crippen molar-refractivity contribution in [2.45, 2.75) is 6.54 Å². The molecule has 1 aliphatic heterocycles. The third kappa shape index (κ3) is 4.83. The molecule has 1 amide bonds. The predicted molar refractivity (Wildman–Crippen MR) is 137 cm³/mol. The van der Waals surface area contributed by atoms with E-state index in [9.17, 15) is 9.18 Å². The van der Waals surface area contributed by atoms with E-state index in [0.717, 1.165) is 23.5 Å².